The van der Waals surface area contributed by atoms with Gasteiger partial charge < -0.3 is 16.4 Å². The van der Waals surface area contributed by atoms with E-state index in [4.69, 9.17) is 5.73 Å². The molecule has 0 aromatic carbocycles. The van der Waals surface area contributed by atoms with Gasteiger partial charge in [0, 0.05) is 6.54 Å². The van der Waals surface area contributed by atoms with Crippen LogP contribution in [0.1, 0.15) is 26.2 Å². The van der Waals surface area contributed by atoms with Gasteiger partial charge in [-0.2, -0.15) is 0 Å². The minimum absolute atomic E-state index is 0.278. The highest BCUT2D eigenvalue weighted by atomic mass is 16.2. The van der Waals surface area contributed by atoms with E-state index in [1.54, 1.807) is 0 Å². The molecular weight excluding hydrogens is 166 g/mol. The van der Waals surface area contributed by atoms with Crippen LogP contribution < -0.4 is 16.4 Å². The van der Waals surface area contributed by atoms with Crippen LogP contribution in [0.4, 0.5) is 4.79 Å². The molecule has 1 rings (SSSR count). The second kappa shape index (κ2) is 4.46. The minimum atomic E-state index is -0.411. The number of nitrogens with two attached hydrogens (primary N) is 1. The highest BCUT2D eigenvalue weighted by Crippen LogP contribution is 2.31. The first kappa shape index (κ1) is 10.3. The Bertz CT molecular complexity index is 176. The van der Waals surface area contributed by atoms with Gasteiger partial charge in [-0.3, -0.25) is 0 Å². The number of hydrogen-bond donors (Lipinski definition) is 3. The van der Waals surface area contributed by atoms with Crippen molar-refractivity contribution in [2.75, 3.05) is 19.6 Å². The number of primary amides is 1. The van der Waals surface area contributed by atoms with Gasteiger partial charge in [0.05, 0.1) is 0 Å². The molecule has 4 nitrogen and oxygen atoms in total. The predicted molar refractivity (Wildman–Crippen MR) is 52.4 cm³/mol. The first-order valence-corrected chi connectivity index (χ1v) is 4.92. The third-order valence-corrected chi connectivity index (χ3v) is 3.05. The third-order valence-electron chi connectivity index (χ3n) is 3.05. The lowest BCUT2D eigenvalue weighted by molar-refractivity contribution is 0.185. The molecule has 1 fully saturated rings. The van der Waals surface area contributed by atoms with E-state index in [9.17, 15) is 4.79 Å². The first-order chi connectivity index (χ1) is 6.18. The fourth-order valence-electron chi connectivity index (χ4n) is 1.89. The second-order valence-corrected chi connectivity index (χ2v) is 3.82. The largest absolute Gasteiger partial charge is 0.352 e. The molecule has 0 aliphatic carbocycles. The molecule has 0 aromatic rings. The van der Waals surface area contributed by atoms with Gasteiger partial charge in [-0.05, 0) is 37.8 Å². The van der Waals surface area contributed by atoms with Gasteiger partial charge in [-0.15, -0.1) is 0 Å². The Morgan fingerprint density at radius 3 is 2.62 bits per heavy atom. The van der Waals surface area contributed by atoms with Gasteiger partial charge in [-0.1, -0.05) is 6.92 Å². The van der Waals surface area contributed by atoms with E-state index in [1.807, 2.05) is 0 Å². The number of amides is 2. The number of piperidine rings is 1. The molecule has 0 unspecified atom stereocenters. The summed E-state index contributed by atoms with van der Waals surface area (Å²) < 4.78 is 0. The average molecular weight is 185 g/mol. The van der Waals surface area contributed by atoms with Crippen LogP contribution in [0.3, 0.4) is 0 Å². The maximum absolute atomic E-state index is 10.6. The van der Waals surface area contributed by atoms with Crippen molar-refractivity contribution in [1.29, 1.82) is 0 Å². The van der Waals surface area contributed by atoms with Gasteiger partial charge >= 0.3 is 6.03 Å². The van der Waals surface area contributed by atoms with Crippen LogP contribution in [0.2, 0.25) is 0 Å². The molecule has 4 N–H and O–H groups in total. The van der Waals surface area contributed by atoms with Crippen molar-refractivity contribution in [2.24, 2.45) is 11.1 Å². The SMILES string of the molecule is CCC1(CNC(N)=O)CCNCC1. The number of carbonyl (C=O) groups excluding carboxylic acids is 1. The van der Waals surface area contributed by atoms with Crippen molar-refractivity contribution in [2.45, 2.75) is 26.2 Å². The summed E-state index contributed by atoms with van der Waals surface area (Å²) in [6, 6.07) is -0.411. The van der Waals surface area contributed by atoms with Crippen LogP contribution in [0.15, 0.2) is 0 Å². The third kappa shape index (κ3) is 2.88. The zero-order chi connectivity index (χ0) is 9.73. The number of hydrogen-bond acceptors (Lipinski definition) is 2. The van der Waals surface area contributed by atoms with Crippen LogP contribution in [0.25, 0.3) is 0 Å². The van der Waals surface area contributed by atoms with Crippen LogP contribution in [0, 0.1) is 5.41 Å². The molecular formula is C9H19N3O. The van der Waals surface area contributed by atoms with Gasteiger partial charge in [0.1, 0.15) is 0 Å². The fraction of sp³-hybridized carbons (Fsp3) is 0.889. The smallest absolute Gasteiger partial charge is 0.312 e. The minimum Gasteiger partial charge on any atom is -0.352 e. The molecule has 1 aliphatic heterocycles. The van der Waals surface area contributed by atoms with Gasteiger partial charge in [0.25, 0.3) is 0 Å². The highest BCUT2D eigenvalue weighted by Gasteiger charge is 2.29. The van der Waals surface area contributed by atoms with Crippen molar-refractivity contribution >= 4 is 6.03 Å². The summed E-state index contributed by atoms with van der Waals surface area (Å²) in [4.78, 5) is 10.6. The van der Waals surface area contributed by atoms with Crippen molar-refractivity contribution in [1.82, 2.24) is 10.6 Å². The summed E-state index contributed by atoms with van der Waals surface area (Å²) in [6.45, 7) is 5.00. The Morgan fingerprint density at radius 2 is 2.15 bits per heavy atom. The summed E-state index contributed by atoms with van der Waals surface area (Å²) in [5, 5.41) is 6.04. The molecule has 0 aromatic heterocycles. The number of nitrogens with one attached hydrogen (secondary N) is 2. The molecule has 4 heteroatoms. The molecule has 0 bridgehead atoms. The van der Waals surface area contributed by atoms with E-state index in [0.29, 0.717) is 0 Å². The van der Waals surface area contributed by atoms with Gasteiger partial charge in [0.15, 0.2) is 0 Å². The number of rotatable bonds is 3. The number of urea groups is 1. The van der Waals surface area contributed by atoms with Crippen molar-refractivity contribution in [3.05, 3.63) is 0 Å². The number of carbonyl (C=O) groups is 1. The summed E-state index contributed by atoms with van der Waals surface area (Å²) in [5.41, 5.74) is 5.34. The maximum Gasteiger partial charge on any atom is 0.312 e. The molecule has 0 radical (unpaired) electrons. The van der Waals surface area contributed by atoms with Gasteiger partial charge in [0.2, 0.25) is 0 Å². The Balaban J connectivity index is 2.42. The van der Waals surface area contributed by atoms with E-state index < -0.39 is 6.03 Å². The highest BCUT2D eigenvalue weighted by molar-refractivity contribution is 5.71. The van der Waals surface area contributed by atoms with E-state index >= 15 is 0 Å². The van der Waals surface area contributed by atoms with Crippen LogP contribution in [0.5, 0.6) is 0 Å². The monoisotopic (exact) mass is 185 g/mol. The van der Waals surface area contributed by atoms with E-state index in [-0.39, 0.29) is 5.41 Å². The van der Waals surface area contributed by atoms with Crippen molar-refractivity contribution in [3.63, 3.8) is 0 Å². The zero-order valence-corrected chi connectivity index (χ0v) is 8.23. The maximum atomic E-state index is 10.6. The summed E-state index contributed by atoms with van der Waals surface area (Å²) >= 11 is 0. The fourth-order valence-corrected chi connectivity index (χ4v) is 1.89. The molecule has 1 heterocycles. The molecule has 0 saturated carbocycles. The molecule has 2 amide bonds. The summed E-state index contributed by atoms with van der Waals surface area (Å²) in [7, 11) is 0. The Labute approximate surface area is 79.3 Å². The zero-order valence-electron chi connectivity index (χ0n) is 8.23. The summed E-state index contributed by atoms with van der Waals surface area (Å²) in [5.74, 6) is 0. The van der Waals surface area contributed by atoms with Gasteiger partial charge in [-0.25, -0.2) is 4.79 Å². The van der Waals surface area contributed by atoms with E-state index in [0.717, 1.165) is 38.9 Å². The van der Waals surface area contributed by atoms with Crippen LogP contribution >= 0.6 is 0 Å². The molecule has 1 aliphatic rings. The first-order valence-electron chi connectivity index (χ1n) is 4.92. The topological polar surface area (TPSA) is 67.1 Å². The molecule has 0 spiro atoms. The van der Waals surface area contributed by atoms with Crippen LogP contribution in [-0.4, -0.2) is 25.7 Å². The Hall–Kier alpha value is -0.770. The quantitative estimate of drug-likeness (QED) is 0.597. The van der Waals surface area contributed by atoms with E-state index in [1.165, 1.54) is 0 Å². The molecule has 13 heavy (non-hydrogen) atoms. The lowest BCUT2D eigenvalue weighted by Gasteiger charge is -2.36. The lowest BCUT2D eigenvalue weighted by atomic mass is 9.76. The van der Waals surface area contributed by atoms with Crippen LogP contribution in [-0.2, 0) is 0 Å². The molecule has 0 atom stereocenters. The normalized spacial score (nSPS) is 21.0. The van der Waals surface area contributed by atoms with Crippen molar-refractivity contribution in [3.8, 4) is 0 Å². The molecule has 76 valence electrons. The standard InChI is InChI=1S/C9H19N3O/c1-2-9(7-12-8(10)13)3-5-11-6-4-9/h11H,2-7H2,1H3,(H3,10,12,13). The molecule has 1 saturated heterocycles. The lowest BCUT2D eigenvalue weighted by Crippen LogP contribution is -2.45. The van der Waals surface area contributed by atoms with E-state index in [2.05, 4.69) is 17.6 Å². The predicted octanol–water partition coefficient (Wildman–Crippen LogP) is 0.434. The Kier molecular flexibility index (Phi) is 3.54. The van der Waals surface area contributed by atoms with Crippen molar-refractivity contribution < 1.29 is 4.79 Å². The average Bonchev–Trinajstić information content (AvgIpc) is 2.16. The second-order valence-electron chi connectivity index (χ2n) is 3.82. The Morgan fingerprint density at radius 1 is 1.54 bits per heavy atom. The summed E-state index contributed by atoms with van der Waals surface area (Å²) in [6.07, 6.45) is 3.36.